The van der Waals surface area contributed by atoms with Gasteiger partial charge in [0.15, 0.2) is 0 Å². The topological polar surface area (TPSA) is 114 Å². The molecule has 0 saturated heterocycles. The number of ether oxygens (including phenoxy) is 1. The Labute approximate surface area is 191 Å². The van der Waals surface area contributed by atoms with Gasteiger partial charge < -0.3 is 20.7 Å². The second-order valence-corrected chi connectivity index (χ2v) is 6.93. The fourth-order valence-corrected chi connectivity index (χ4v) is 2.70. The van der Waals surface area contributed by atoms with Crippen LogP contribution in [0.15, 0.2) is 37.2 Å². The number of halogens is 4. The SMILES string of the molecule is C=CC(=O)Nc1cc(C)c(F)cc1Nc1nc(Nc2nc(OC)ncc2C)ncc1C(F)(F)F. The Morgan fingerprint density at radius 3 is 2.41 bits per heavy atom. The number of alkyl halides is 3. The molecule has 0 aliphatic rings. The zero-order valence-electron chi connectivity index (χ0n) is 18.2. The van der Waals surface area contributed by atoms with Crippen LogP contribution in [-0.4, -0.2) is 33.0 Å². The summed E-state index contributed by atoms with van der Waals surface area (Å²) in [7, 11) is 1.36. The summed E-state index contributed by atoms with van der Waals surface area (Å²) in [6.07, 6.45) is -1.85. The van der Waals surface area contributed by atoms with E-state index < -0.39 is 29.3 Å². The molecule has 9 nitrogen and oxygen atoms in total. The highest BCUT2D eigenvalue weighted by molar-refractivity contribution is 6.01. The van der Waals surface area contributed by atoms with Crippen LogP contribution in [0.4, 0.5) is 46.5 Å². The molecule has 0 atom stereocenters. The predicted molar refractivity (Wildman–Crippen MR) is 117 cm³/mol. The molecular weight excluding hydrogens is 458 g/mol. The zero-order valence-corrected chi connectivity index (χ0v) is 18.2. The summed E-state index contributed by atoms with van der Waals surface area (Å²) in [5.74, 6) is -2.05. The number of carbonyl (C=O) groups is 1. The Bertz CT molecular complexity index is 1250. The average molecular weight is 477 g/mol. The summed E-state index contributed by atoms with van der Waals surface area (Å²) in [5.41, 5.74) is -0.625. The number of rotatable bonds is 7. The summed E-state index contributed by atoms with van der Waals surface area (Å²) in [5, 5.41) is 7.59. The van der Waals surface area contributed by atoms with Crippen molar-refractivity contribution in [2.75, 3.05) is 23.1 Å². The molecule has 2 aromatic heterocycles. The molecule has 0 bridgehead atoms. The Balaban J connectivity index is 2.06. The number of hydrogen-bond donors (Lipinski definition) is 3. The lowest BCUT2D eigenvalue weighted by Crippen LogP contribution is -2.15. The summed E-state index contributed by atoms with van der Waals surface area (Å²) < 4.78 is 60.1. The van der Waals surface area contributed by atoms with Gasteiger partial charge in [-0.05, 0) is 37.6 Å². The summed E-state index contributed by atoms with van der Waals surface area (Å²) >= 11 is 0. The molecule has 178 valence electrons. The van der Waals surface area contributed by atoms with Crippen LogP contribution in [0.2, 0.25) is 0 Å². The van der Waals surface area contributed by atoms with Gasteiger partial charge in [-0.15, -0.1) is 0 Å². The first kappa shape index (κ1) is 24.4. The number of amides is 1. The smallest absolute Gasteiger partial charge is 0.421 e. The van der Waals surface area contributed by atoms with Crippen molar-refractivity contribution in [1.29, 1.82) is 0 Å². The van der Waals surface area contributed by atoms with Crippen LogP contribution in [-0.2, 0) is 11.0 Å². The number of aryl methyl sites for hydroxylation is 2. The highest BCUT2D eigenvalue weighted by Gasteiger charge is 2.35. The average Bonchev–Trinajstić information content (AvgIpc) is 2.78. The van der Waals surface area contributed by atoms with Crippen molar-refractivity contribution >= 4 is 34.9 Å². The first-order chi connectivity index (χ1) is 16.0. The second kappa shape index (κ2) is 9.68. The van der Waals surface area contributed by atoms with Gasteiger partial charge in [-0.2, -0.15) is 23.1 Å². The Hall–Kier alpha value is -4.29. The molecule has 3 aromatic rings. The van der Waals surface area contributed by atoms with Crippen LogP contribution >= 0.6 is 0 Å². The van der Waals surface area contributed by atoms with E-state index in [-0.39, 0.29) is 34.7 Å². The fraction of sp³-hybridized carbons (Fsp3) is 0.190. The van der Waals surface area contributed by atoms with Crippen LogP contribution < -0.4 is 20.7 Å². The Kier molecular flexibility index (Phi) is 6.94. The van der Waals surface area contributed by atoms with Crippen molar-refractivity contribution in [2.24, 2.45) is 0 Å². The number of hydrogen-bond acceptors (Lipinski definition) is 8. The van der Waals surface area contributed by atoms with Crippen molar-refractivity contribution in [3.8, 4) is 6.01 Å². The molecule has 0 fully saturated rings. The minimum atomic E-state index is -4.83. The number of benzene rings is 1. The van der Waals surface area contributed by atoms with Crippen molar-refractivity contribution in [3.05, 3.63) is 59.7 Å². The minimum Gasteiger partial charge on any atom is -0.467 e. The highest BCUT2D eigenvalue weighted by Crippen LogP contribution is 2.37. The zero-order chi connectivity index (χ0) is 25.0. The van der Waals surface area contributed by atoms with E-state index in [1.165, 1.54) is 26.3 Å². The van der Waals surface area contributed by atoms with Gasteiger partial charge in [0.1, 0.15) is 23.0 Å². The van der Waals surface area contributed by atoms with Crippen LogP contribution in [0.1, 0.15) is 16.7 Å². The first-order valence-corrected chi connectivity index (χ1v) is 9.61. The highest BCUT2D eigenvalue weighted by atomic mass is 19.4. The van der Waals surface area contributed by atoms with Crippen molar-refractivity contribution < 1.29 is 27.1 Å². The molecule has 0 unspecified atom stereocenters. The molecule has 2 heterocycles. The van der Waals surface area contributed by atoms with E-state index in [0.717, 1.165) is 12.1 Å². The lowest BCUT2D eigenvalue weighted by molar-refractivity contribution is -0.137. The number of nitrogens with zero attached hydrogens (tertiary/aromatic N) is 4. The lowest BCUT2D eigenvalue weighted by atomic mass is 10.1. The van der Waals surface area contributed by atoms with E-state index in [4.69, 9.17) is 4.74 Å². The number of carbonyl (C=O) groups excluding carboxylic acids is 1. The Morgan fingerprint density at radius 2 is 1.76 bits per heavy atom. The van der Waals surface area contributed by atoms with Gasteiger partial charge in [-0.25, -0.2) is 14.4 Å². The molecule has 0 saturated carbocycles. The van der Waals surface area contributed by atoms with E-state index in [1.54, 1.807) is 6.92 Å². The van der Waals surface area contributed by atoms with E-state index in [1.807, 2.05) is 0 Å². The molecule has 0 spiro atoms. The van der Waals surface area contributed by atoms with Crippen LogP contribution in [0.25, 0.3) is 0 Å². The van der Waals surface area contributed by atoms with E-state index in [0.29, 0.717) is 11.8 Å². The molecule has 3 rings (SSSR count). The first-order valence-electron chi connectivity index (χ1n) is 9.61. The third-order valence-electron chi connectivity index (χ3n) is 4.45. The lowest BCUT2D eigenvalue weighted by Gasteiger charge is -2.18. The van der Waals surface area contributed by atoms with Crippen LogP contribution in [0.3, 0.4) is 0 Å². The standard InChI is InChI=1S/C21H19F4N7O2/c1-5-16(33)28-14-6-10(2)13(22)7-15(14)29-18-12(21(23,24)25)9-26-19(31-18)30-17-11(3)8-27-20(32-17)34-4/h5-9H,1H2,2-4H3,(H,28,33)(H2,26,27,29,30,31,32). The normalized spacial score (nSPS) is 11.0. The molecule has 34 heavy (non-hydrogen) atoms. The third-order valence-corrected chi connectivity index (χ3v) is 4.45. The number of anilines is 5. The maximum atomic E-state index is 14.2. The number of methoxy groups -OCH3 is 1. The summed E-state index contributed by atoms with van der Waals surface area (Å²) in [4.78, 5) is 27.4. The molecule has 0 aliphatic carbocycles. The monoisotopic (exact) mass is 477 g/mol. The van der Waals surface area contributed by atoms with Crippen molar-refractivity contribution in [2.45, 2.75) is 20.0 Å². The molecular formula is C21H19F4N7O2. The van der Waals surface area contributed by atoms with Crippen LogP contribution in [0.5, 0.6) is 6.01 Å². The van der Waals surface area contributed by atoms with Crippen molar-refractivity contribution in [3.63, 3.8) is 0 Å². The predicted octanol–water partition coefficient (Wildman–Crippen LogP) is 4.66. The van der Waals surface area contributed by atoms with Gasteiger partial charge in [0.05, 0.1) is 18.5 Å². The molecule has 3 N–H and O–H groups in total. The van der Waals surface area contributed by atoms with Gasteiger partial charge in [-0.3, -0.25) is 4.79 Å². The maximum absolute atomic E-state index is 14.2. The van der Waals surface area contributed by atoms with E-state index in [9.17, 15) is 22.4 Å². The van der Waals surface area contributed by atoms with Gasteiger partial charge in [0, 0.05) is 18.0 Å². The number of aromatic nitrogens is 4. The molecule has 0 radical (unpaired) electrons. The second-order valence-electron chi connectivity index (χ2n) is 6.93. The minimum absolute atomic E-state index is 0.0242. The molecule has 13 heteroatoms. The fourth-order valence-electron chi connectivity index (χ4n) is 2.70. The van der Waals surface area contributed by atoms with E-state index in [2.05, 4.69) is 42.5 Å². The molecule has 0 aliphatic heterocycles. The van der Waals surface area contributed by atoms with E-state index >= 15 is 0 Å². The summed E-state index contributed by atoms with van der Waals surface area (Å²) in [6.45, 7) is 6.42. The van der Waals surface area contributed by atoms with Crippen LogP contribution in [0, 0.1) is 19.7 Å². The largest absolute Gasteiger partial charge is 0.467 e. The maximum Gasteiger partial charge on any atom is 0.421 e. The van der Waals surface area contributed by atoms with Gasteiger partial charge in [0.25, 0.3) is 0 Å². The third kappa shape index (κ3) is 5.54. The quantitative estimate of drug-likeness (QED) is 0.333. The summed E-state index contributed by atoms with van der Waals surface area (Å²) in [6, 6.07) is 2.24. The van der Waals surface area contributed by atoms with Crippen molar-refractivity contribution in [1.82, 2.24) is 19.9 Å². The molecule has 1 amide bonds. The van der Waals surface area contributed by atoms with Gasteiger partial charge in [0.2, 0.25) is 11.9 Å². The number of nitrogens with one attached hydrogen (secondary N) is 3. The van der Waals surface area contributed by atoms with Gasteiger partial charge in [-0.1, -0.05) is 6.58 Å². The van der Waals surface area contributed by atoms with Gasteiger partial charge >= 0.3 is 12.2 Å². The Morgan fingerprint density at radius 1 is 1.03 bits per heavy atom. The molecule has 1 aromatic carbocycles.